The highest BCUT2D eigenvalue weighted by Gasteiger charge is 2.05. The third kappa shape index (κ3) is 2.89. The summed E-state index contributed by atoms with van der Waals surface area (Å²) >= 11 is 2.91. The molecular formula is C18H14N4S2. The first-order valence-corrected chi connectivity index (χ1v) is 9.08. The van der Waals surface area contributed by atoms with Crippen molar-refractivity contribution in [1.29, 1.82) is 0 Å². The summed E-state index contributed by atoms with van der Waals surface area (Å²) in [5.74, 6) is 0. The van der Waals surface area contributed by atoms with Crippen molar-refractivity contribution in [2.75, 3.05) is 11.5 Å². The Kier molecular flexibility index (Phi) is 3.76. The maximum atomic E-state index is 5.70. The van der Waals surface area contributed by atoms with Crippen molar-refractivity contribution in [3.05, 3.63) is 59.3 Å². The van der Waals surface area contributed by atoms with E-state index in [-0.39, 0.29) is 0 Å². The van der Waals surface area contributed by atoms with Crippen LogP contribution in [0.3, 0.4) is 0 Å². The minimum Gasteiger partial charge on any atom is -0.375 e. The lowest BCUT2D eigenvalue weighted by atomic mass is 10.0. The van der Waals surface area contributed by atoms with E-state index in [2.05, 4.69) is 58.5 Å². The summed E-state index contributed by atoms with van der Waals surface area (Å²) in [6.45, 7) is 0. The SMILES string of the molecule is Nc1nc(-c2ccc(-c3ccc(-c4csc(N)n4)cc3)cc2)cs1. The van der Waals surface area contributed by atoms with Crippen molar-refractivity contribution in [3.8, 4) is 33.6 Å². The summed E-state index contributed by atoms with van der Waals surface area (Å²) < 4.78 is 0. The van der Waals surface area contributed by atoms with Gasteiger partial charge in [-0.2, -0.15) is 0 Å². The molecule has 0 aliphatic carbocycles. The van der Waals surface area contributed by atoms with Crippen LogP contribution < -0.4 is 11.5 Å². The highest BCUT2D eigenvalue weighted by atomic mass is 32.1. The van der Waals surface area contributed by atoms with Gasteiger partial charge in [0.05, 0.1) is 11.4 Å². The molecule has 0 bridgehead atoms. The molecule has 2 heterocycles. The molecule has 2 aromatic carbocycles. The Labute approximate surface area is 147 Å². The summed E-state index contributed by atoms with van der Waals surface area (Å²) in [5, 5.41) is 5.12. The Bertz CT molecular complexity index is 887. The number of rotatable bonds is 3. The summed E-state index contributed by atoms with van der Waals surface area (Å²) in [6.07, 6.45) is 0. The Hall–Kier alpha value is -2.70. The molecular weight excluding hydrogens is 336 g/mol. The number of anilines is 2. The third-order valence-corrected chi connectivity index (χ3v) is 5.09. The first-order chi connectivity index (χ1) is 11.7. The molecule has 0 spiro atoms. The fraction of sp³-hybridized carbons (Fsp3) is 0. The Morgan fingerprint density at radius 3 is 1.17 bits per heavy atom. The fourth-order valence-corrected chi connectivity index (χ4v) is 3.65. The molecule has 4 rings (SSSR count). The molecule has 0 radical (unpaired) electrons. The molecule has 0 aliphatic heterocycles. The number of nitrogen functional groups attached to an aromatic ring is 2. The van der Waals surface area contributed by atoms with Gasteiger partial charge in [0.15, 0.2) is 10.3 Å². The van der Waals surface area contributed by atoms with Gasteiger partial charge in [-0.1, -0.05) is 48.5 Å². The Balaban J connectivity index is 1.59. The molecule has 0 aliphatic rings. The van der Waals surface area contributed by atoms with Crippen LogP contribution in [0.4, 0.5) is 10.3 Å². The van der Waals surface area contributed by atoms with E-state index in [1.165, 1.54) is 22.7 Å². The Morgan fingerprint density at radius 1 is 0.542 bits per heavy atom. The lowest BCUT2D eigenvalue weighted by Gasteiger charge is -2.04. The highest BCUT2D eigenvalue weighted by Crippen LogP contribution is 2.29. The van der Waals surface area contributed by atoms with E-state index < -0.39 is 0 Å². The van der Waals surface area contributed by atoms with Crippen LogP contribution in [0.2, 0.25) is 0 Å². The van der Waals surface area contributed by atoms with Gasteiger partial charge in [0.1, 0.15) is 0 Å². The zero-order chi connectivity index (χ0) is 16.5. The first-order valence-electron chi connectivity index (χ1n) is 7.32. The molecule has 4 nitrogen and oxygen atoms in total. The number of aromatic nitrogens is 2. The predicted molar refractivity (Wildman–Crippen MR) is 103 cm³/mol. The van der Waals surface area contributed by atoms with Gasteiger partial charge in [-0.25, -0.2) is 9.97 Å². The quantitative estimate of drug-likeness (QED) is 0.558. The topological polar surface area (TPSA) is 77.8 Å². The van der Waals surface area contributed by atoms with Crippen LogP contribution in [-0.4, -0.2) is 9.97 Å². The number of hydrogen-bond donors (Lipinski definition) is 2. The van der Waals surface area contributed by atoms with E-state index in [1.807, 2.05) is 10.8 Å². The van der Waals surface area contributed by atoms with Crippen LogP contribution in [0, 0.1) is 0 Å². The molecule has 118 valence electrons. The highest BCUT2D eigenvalue weighted by molar-refractivity contribution is 7.14. The molecule has 6 heteroatoms. The van der Waals surface area contributed by atoms with Crippen molar-refractivity contribution in [2.45, 2.75) is 0 Å². The average Bonchev–Trinajstić information content (AvgIpc) is 3.24. The minimum atomic E-state index is 0.590. The summed E-state index contributed by atoms with van der Waals surface area (Å²) in [6, 6.07) is 16.7. The second-order valence-electron chi connectivity index (χ2n) is 5.30. The van der Waals surface area contributed by atoms with Crippen molar-refractivity contribution in [2.24, 2.45) is 0 Å². The summed E-state index contributed by atoms with van der Waals surface area (Å²) in [4.78, 5) is 8.62. The van der Waals surface area contributed by atoms with E-state index in [1.54, 1.807) is 0 Å². The van der Waals surface area contributed by atoms with E-state index in [0.29, 0.717) is 10.3 Å². The van der Waals surface area contributed by atoms with Gasteiger partial charge in [-0.05, 0) is 11.1 Å². The van der Waals surface area contributed by atoms with Gasteiger partial charge >= 0.3 is 0 Å². The minimum absolute atomic E-state index is 0.590. The molecule has 0 fully saturated rings. The van der Waals surface area contributed by atoms with Gasteiger partial charge in [-0.3, -0.25) is 0 Å². The zero-order valence-corrected chi connectivity index (χ0v) is 14.3. The maximum Gasteiger partial charge on any atom is 0.180 e. The van der Waals surface area contributed by atoms with Crippen LogP contribution in [0.15, 0.2) is 59.3 Å². The molecule has 4 aromatic rings. The lowest BCUT2D eigenvalue weighted by Crippen LogP contribution is -1.85. The van der Waals surface area contributed by atoms with Gasteiger partial charge in [0.2, 0.25) is 0 Å². The largest absolute Gasteiger partial charge is 0.375 e. The van der Waals surface area contributed by atoms with Crippen LogP contribution >= 0.6 is 22.7 Å². The molecule has 0 saturated heterocycles. The van der Waals surface area contributed by atoms with Gasteiger partial charge in [0.25, 0.3) is 0 Å². The zero-order valence-electron chi connectivity index (χ0n) is 12.6. The van der Waals surface area contributed by atoms with E-state index in [0.717, 1.165) is 33.6 Å². The van der Waals surface area contributed by atoms with E-state index in [9.17, 15) is 0 Å². The summed E-state index contributed by atoms with van der Waals surface area (Å²) in [7, 11) is 0. The number of hydrogen-bond acceptors (Lipinski definition) is 6. The standard InChI is InChI=1S/C18H14N4S2/c19-17-21-15(9-23-17)13-5-1-11(2-6-13)12-3-7-14(8-4-12)16-10-24-18(20)22-16/h1-10H,(H2,19,21)(H2,20,22). The maximum absolute atomic E-state index is 5.70. The second-order valence-corrected chi connectivity index (χ2v) is 7.08. The summed E-state index contributed by atoms with van der Waals surface area (Å²) in [5.41, 5.74) is 17.7. The lowest BCUT2D eigenvalue weighted by molar-refractivity contribution is 1.41. The van der Waals surface area contributed by atoms with Crippen molar-refractivity contribution < 1.29 is 0 Å². The van der Waals surface area contributed by atoms with Crippen molar-refractivity contribution >= 4 is 32.9 Å². The molecule has 0 saturated carbocycles. The smallest absolute Gasteiger partial charge is 0.180 e. The van der Waals surface area contributed by atoms with Gasteiger partial charge < -0.3 is 11.5 Å². The molecule has 0 amide bonds. The Morgan fingerprint density at radius 2 is 0.875 bits per heavy atom. The van der Waals surface area contributed by atoms with Crippen LogP contribution in [0.5, 0.6) is 0 Å². The fourth-order valence-electron chi connectivity index (χ4n) is 2.51. The molecule has 0 unspecified atom stereocenters. The average molecular weight is 350 g/mol. The van der Waals surface area contributed by atoms with E-state index in [4.69, 9.17) is 11.5 Å². The predicted octanol–water partition coefficient (Wildman–Crippen LogP) is 4.77. The molecule has 4 N–H and O–H groups in total. The molecule has 2 aromatic heterocycles. The van der Waals surface area contributed by atoms with Gasteiger partial charge in [0, 0.05) is 21.9 Å². The normalized spacial score (nSPS) is 10.8. The molecule has 24 heavy (non-hydrogen) atoms. The van der Waals surface area contributed by atoms with Crippen LogP contribution in [-0.2, 0) is 0 Å². The van der Waals surface area contributed by atoms with E-state index >= 15 is 0 Å². The van der Waals surface area contributed by atoms with Crippen molar-refractivity contribution in [3.63, 3.8) is 0 Å². The number of benzene rings is 2. The number of nitrogens with zero attached hydrogens (tertiary/aromatic N) is 2. The van der Waals surface area contributed by atoms with Crippen LogP contribution in [0.1, 0.15) is 0 Å². The number of nitrogens with two attached hydrogens (primary N) is 2. The van der Waals surface area contributed by atoms with Crippen molar-refractivity contribution in [1.82, 2.24) is 9.97 Å². The van der Waals surface area contributed by atoms with Crippen LogP contribution in [0.25, 0.3) is 33.6 Å². The second kappa shape index (κ2) is 6.07. The number of thiazole rings is 2. The monoisotopic (exact) mass is 350 g/mol. The first kappa shape index (κ1) is 14.9. The van der Waals surface area contributed by atoms with Gasteiger partial charge in [-0.15, -0.1) is 22.7 Å². The molecule has 0 atom stereocenters. The third-order valence-electron chi connectivity index (χ3n) is 3.74.